The quantitative estimate of drug-likeness (QED) is 0.643. The lowest BCUT2D eigenvalue weighted by atomic mass is 10.1. The summed E-state index contributed by atoms with van der Waals surface area (Å²) >= 11 is 0. The maximum atomic E-state index is 13.3. The Bertz CT molecular complexity index is 1110. The van der Waals surface area contributed by atoms with Crippen molar-refractivity contribution in [2.75, 3.05) is 18.0 Å². The summed E-state index contributed by atoms with van der Waals surface area (Å²) in [7, 11) is -4.01. The van der Waals surface area contributed by atoms with E-state index in [1.807, 2.05) is 4.90 Å². The normalized spacial score (nSPS) is 20.0. The fourth-order valence-corrected chi connectivity index (χ4v) is 5.86. The molecule has 0 aliphatic carbocycles. The minimum absolute atomic E-state index is 0.0105. The number of carboxylic acid groups (broad SMARTS) is 1. The number of nitrogens with zero attached hydrogens (tertiary/aromatic N) is 2. The Kier molecular flexibility index (Phi) is 6.80. The van der Waals surface area contributed by atoms with Gasteiger partial charge in [-0.05, 0) is 56.3 Å². The summed E-state index contributed by atoms with van der Waals surface area (Å²) < 4.78 is 69.0. The maximum absolute atomic E-state index is 13.3. The highest BCUT2D eigenvalue weighted by Gasteiger charge is 2.39. The van der Waals surface area contributed by atoms with E-state index in [1.165, 1.54) is 34.6 Å². The topological polar surface area (TPSA) is 107 Å². The molecule has 0 saturated carbocycles. The number of sulfonamides is 1. The van der Waals surface area contributed by atoms with Gasteiger partial charge in [0.1, 0.15) is 11.5 Å². The van der Waals surface area contributed by atoms with Crippen LogP contribution in [0.25, 0.3) is 0 Å². The van der Waals surface area contributed by atoms with Crippen molar-refractivity contribution in [1.29, 1.82) is 0 Å². The number of carboxylic acids is 1. The molecule has 1 aliphatic heterocycles. The molecule has 0 bridgehead atoms. The molecule has 2 aromatic rings. The Morgan fingerprint density at radius 2 is 1.67 bits per heavy atom. The smallest absolute Gasteiger partial charge is 0.508 e. The van der Waals surface area contributed by atoms with Crippen LogP contribution in [0.1, 0.15) is 19.4 Å². The molecule has 0 spiro atoms. The molecule has 3 rings (SSSR count). The molecule has 1 fully saturated rings. The number of carbonyl (C=O) groups is 1. The van der Waals surface area contributed by atoms with Crippen molar-refractivity contribution < 1.29 is 41.3 Å². The first-order valence-electron chi connectivity index (χ1n) is 9.96. The number of hydrogen-bond acceptors (Lipinski definition) is 6. The predicted octanol–water partition coefficient (Wildman–Crippen LogP) is 3.21. The lowest BCUT2D eigenvalue weighted by Crippen LogP contribution is -2.58. The lowest BCUT2D eigenvalue weighted by Gasteiger charge is -2.44. The van der Waals surface area contributed by atoms with E-state index < -0.39 is 40.9 Å². The van der Waals surface area contributed by atoms with Crippen LogP contribution in [0.3, 0.4) is 0 Å². The molecule has 8 nitrogen and oxygen atoms in total. The van der Waals surface area contributed by atoms with Crippen molar-refractivity contribution >= 4 is 21.7 Å². The first-order valence-corrected chi connectivity index (χ1v) is 11.4. The van der Waals surface area contributed by atoms with E-state index in [2.05, 4.69) is 4.74 Å². The monoisotopic (exact) mass is 488 g/mol. The van der Waals surface area contributed by atoms with Gasteiger partial charge in [-0.15, -0.1) is 13.2 Å². The average Bonchev–Trinajstić information content (AvgIpc) is 2.67. The molecule has 0 radical (unpaired) electrons. The molecule has 2 aromatic carbocycles. The number of benzene rings is 2. The molecule has 180 valence electrons. The van der Waals surface area contributed by atoms with Gasteiger partial charge in [0.2, 0.25) is 10.0 Å². The fourth-order valence-electron chi connectivity index (χ4n) is 4.00. The minimum atomic E-state index is -4.79. The molecular weight excluding hydrogens is 465 g/mol. The molecule has 1 saturated heterocycles. The Morgan fingerprint density at radius 1 is 1.09 bits per heavy atom. The van der Waals surface area contributed by atoms with E-state index in [4.69, 9.17) is 5.11 Å². The van der Waals surface area contributed by atoms with Crippen LogP contribution in [0.4, 0.5) is 18.9 Å². The van der Waals surface area contributed by atoms with E-state index in [9.17, 15) is 31.5 Å². The summed E-state index contributed by atoms with van der Waals surface area (Å²) in [4.78, 5) is 12.7. The van der Waals surface area contributed by atoms with E-state index in [1.54, 1.807) is 13.8 Å². The van der Waals surface area contributed by atoms with Crippen molar-refractivity contribution in [1.82, 2.24) is 4.31 Å². The predicted molar refractivity (Wildman–Crippen MR) is 113 cm³/mol. The number of anilines is 1. The standard InChI is InChI=1S/C21H23F3N2O6S/c1-13-11-25(16-3-5-17(6-4-16)32-21(22,23)24)12-14(2)26(13)33(30,31)18-7-8-19(27)15(9-18)10-20(28)29/h3-9,13-14,27H,10-12H2,1-2H3,(H,28,29). The van der Waals surface area contributed by atoms with Crippen LogP contribution < -0.4 is 9.64 Å². The summed E-state index contributed by atoms with van der Waals surface area (Å²) in [6, 6.07) is 7.88. The van der Waals surface area contributed by atoms with Gasteiger partial charge in [-0.1, -0.05) is 0 Å². The number of piperazine rings is 1. The molecule has 1 heterocycles. The zero-order valence-corrected chi connectivity index (χ0v) is 18.6. The maximum Gasteiger partial charge on any atom is 0.573 e. The Labute approximate surface area is 188 Å². The second-order valence-corrected chi connectivity index (χ2v) is 9.68. The molecule has 2 N–H and O–H groups in total. The summed E-state index contributed by atoms with van der Waals surface area (Å²) in [6.45, 7) is 3.98. The third-order valence-corrected chi connectivity index (χ3v) is 7.37. The van der Waals surface area contributed by atoms with Gasteiger partial charge < -0.3 is 19.8 Å². The summed E-state index contributed by atoms with van der Waals surface area (Å²) in [5.41, 5.74) is 0.609. The van der Waals surface area contributed by atoms with Crippen molar-refractivity contribution in [3.05, 3.63) is 48.0 Å². The number of alkyl halides is 3. The number of rotatable bonds is 6. The first-order chi connectivity index (χ1) is 15.3. The van der Waals surface area contributed by atoms with E-state index in [0.29, 0.717) is 5.69 Å². The van der Waals surface area contributed by atoms with Crippen LogP contribution in [0, 0.1) is 0 Å². The molecule has 12 heteroatoms. The first kappa shape index (κ1) is 24.6. The number of phenols is 1. The molecule has 2 atom stereocenters. The van der Waals surface area contributed by atoms with Gasteiger partial charge in [0.25, 0.3) is 0 Å². The Hall–Kier alpha value is -2.99. The van der Waals surface area contributed by atoms with Crippen molar-refractivity contribution in [3.63, 3.8) is 0 Å². The van der Waals surface area contributed by atoms with Crippen LogP contribution in [0.15, 0.2) is 47.4 Å². The largest absolute Gasteiger partial charge is 0.573 e. The summed E-state index contributed by atoms with van der Waals surface area (Å²) in [5.74, 6) is -1.86. The Balaban J connectivity index is 1.80. The SMILES string of the molecule is CC1CN(c2ccc(OC(F)(F)F)cc2)CC(C)N1S(=O)(=O)c1ccc(O)c(CC(=O)O)c1. The number of aromatic hydroxyl groups is 1. The van der Waals surface area contributed by atoms with Gasteiger partial charge in [-0.3, -0.25) is 4.79 Å². The zero-order chi connectivity index (χ0) is 24.6. The van der Waals surface area contributed by atoms with Gasteiger partial charge in [0, 0.05) is 36.4 Å². The summed E-state index contributed by atoms with van der Waals surface area (Å²) in [6.07, 6.45) is -5.31. The number of phenolic OH excluding ortho intramolecular Hbond substituents is 1. The van der Waals surface area contributed by atoms with Crippen molar-refractivity contribution in [2.24, 2.45) is 0 Å². The lowest BCUT2D eigenvalue weighted by molar-refractivity contribution is -0.274. The number of hydrogen-bond donors (Lipinski definition) is 2. The van der Waals surface area contributed by atoms with Crippen LogP contribution in [0.5, 0.6) is 11.5 Å². The van der Waals surface area contributed by atoms with Crippen molar-refractivity contribution in [3.8, 4) is 11.5 Å². The van der Waals surface area contributed by atoms with E-state index in [0.717, 1.165) is 12.1 Å². The van der Waals surface area contributed by atoms with Gasteiger partial charge >= 0.3 is 12.3 Å². The third-order valence-electron chi connectivity index (χ3n) is 5.24. The third kappa shape index (κ3) is 5.69. The molecule has 2 unspecified atom stereocenters. The highest BCUT2D eigenvalue weighted by molar-refractivity contribution is 7.89. The summed E-state index contributed by atoms with van der Waals surface area (Å²) in [5, 5.41) is 18.8. The Morgan fingerprint density at radius 3 is 2.18 bits per heavy atom. The van der Waals surface area contributed by atoms with Crippen LogP contribution in [0.2, 0.25) is 0 Å². The van der Waals surface area contributed by atoms with Crippen molar-refractivity contribution in [2.45, 2.75) is 43.6 Å². The number of halogens is 3. The highest BCUT2D eigenvalue weighted by Crippen LogP contribution is 2.31. The van der Waals surface area contributed by atoms with Crippen LogP contribution >= 0.6 is 0 Å². The highest BCUT2D eigenvalue weighted by atomic mass is 32.2. The average molecular weight is 488 g/mol. The van der Waals surface area contributed by atoms with Gasteiger partial charge in [0.05, 0.1) is 11.3 Å². The molecule has 1 aliphatic rings. The second-order valence-electron chi connectivity index (χ2n) is 7.84. The fraction of sp³-hybridized carbons (Fsp3) is 0.381. The molecule has 0 aromatic heterocycles. The molecule has 33 heavy (non-hydrogen) atoms. The number of ether oxygens (including phenoxy) is 1. The number of aliphatic carboxylic acids is 1. The van der Waals surface area contributed by atoms with Gasteiger partial charge in [-0.25, -0.2) is 8.42 Å². The van der Waals surface area contributed by atoms with Gasteiger partial charge in [0.15, 0.2) is 0 Å². The van der Waals surface area contributed by atoms with E-state index >= 15 is 0 Å². The van der Waals surface area contributed by atoms with Gasteiger partial charge in [-0.2, -0.15) is 4.31 Å². The molecular formula is C21H23F3N2O6S. The minimum Gasteiger partial charge on any atom is -0.508 e. The molecule has 0 amide bonds. The zero-order valence-electron chi connectivity index (χ0n) is 17.8. The van der Waals surface area contributed by atoms with Crippen LogP contribution in [-0.2, 0) is 21.2 Å². The van der Waals surface area contributed by atoms with E-state index in [-0.39, 0.29) is 35.0 Å². The second kappa shape index (κ2) is 9.10. The van der Waals surface area contributed by atoms with Crippen LogP contribution in [-0.4, -0.2) is 60.4 Å².